The highest BCUT2D eigenvalue weighted by atomic mass is 19.3. The van der Waals surface area contributed by atoms with E-state index in [1.54, 1.807) is 42.5 Å². The number of anilines is 1. The lowest BCUT2D eigenvalue weighted by atomic mass is 10.2. The molecule has 9 heteroatoms. The molecule has 2 aromatic rings. The molecule has 2 rings (SSSR count). The molecule has 150 valence electrons. The summed E-state index contributed by atoms with van der Waals surface area (Å²) in [7, 11) is 0. The number of likely N-dealkylation sites (N-methyl/N-ethyl adjacent to an activating group) is 1. The van der Waals surface area contributed by atoms with Crippen LogP contribution in [0.15, 0.2) is 48.5 Å². The molecule has 0 aliphatic carbocycles. The van der Waals surface area contributed by atoms with Gasteiger partial charge in [0.05, 0.1) is 0 Å². The Labute approximate surface area is 161 Å². The van der Waals surface area contributed by atoms with Crippen molar-refractivity contribution in [2.45, 2.75) is 20.1 Å². The van der Waals surface area contributed by atoms with E-state index in [4.69, 9.17) is 4.74 Å². The molecule has 7 nitrogen and oxygen atoms in total. The third-order valence-electron chi connectivity index (χ3n) is 3.48. The molecule has 0 fully saturated rings. The van der Waals surface area contributed by atoms with Crippen molar-refractivity contribution in [3.63, 3.8) is 0 Å². The summed E-state index contributed by atoms with van der Waals surface area (Å²) in [5, 5.41) is 7.80. The van der Waals surface area contributed by atoms with E-state index < -0.39 is 12.6 Å². The van der Waals surface area contributed by atoms with Crippen LogP contribution in [-0.2, 0) is 11.3 Å². The molecule has 0 heterocycles. The minimum atomic E-state index is -2.94. The van der Waals surface area contributed by atoms with Crippen LogP contribution in [0.3, 0.4) is 0 Å². The second-order valence-electron chi connectivity index (χ2n) is 5.56. The lowest BCUT2D eigenvalue weighted by molar-refractivity contribution is -0.122. The Hall–Kier alpha value is -3.36. The van der Waals surface area contributed by atoms with Crippen molar-refractivity contribution in [3.8, 4) is 11.5 Å². The fraction of sp³-hybridized carbons (Fsp3) is 0.263. The molecule has 3 amide bonds. The van der Waals surface area contributed by atoms with Gasteiger partial charge in [-0.15, -0.1) is 0 Å². The molecule has 0 radical (unpaired) electrons. The number of halogens is 2. The molecular weight excluding hydrogens is 372 g/mol. The average Bonchev–Trinajstić information content (AvgIpc) is 2.66. The standard InChI is InChI=1S/C19H21F2N3O4/c1-2-22-17(25)12-27-15-9-7-14(8-10-15)24-19(26)23-11-13-5-3-4-6-16(13)28-18(20)21/h3-10,18H,2,11-12H2,1H3,(H,22,25)(H2,23,24,26). The second kappa shape index (κ2) is 10.7. The van der Waals surface area contributed by atoms with Crippen LogP contribution in [0.5, 0.6) is 11.5 Å². The molecule has 0 spiro atoms. The Bertz CT molecular complexity index is 785. The van der Waals surface area contributed by atoms with Gasteiger partial charge in [0, 0.05) is 24.3 Å². The number of hydrogen-bond acceptors (Lipinski definition) is 4. The summed E-state index contributed by atoms with van der Waals surface area (Å²) in [5.74, 6) is 0.266. The number of alkyl halides is 2. The zero-order chi connectivity index (χ0) is 20.4. The topological polar surface area (TPSA) is 88.7 Å². The van der Waals surface area contributed by atoms with Gasteiger partial charge in [-0.3, -0.25) is 4.79 Å². The van der Waals surface area contributed by atoms with Gasteiger partial charge in [-0.25, -0.2) is 4.79 Å². The van der Waals surface area contributed by atoms with Gasteiger partial charge in [0.1, 0.15) is 11.5 Å². The van der Waals surface area contributed by atoms with Crippen LogP contribution in [0.2, 0.25) is 0 Å². The molecule has 0 unspecified atom stereocenters. The predicted octanol–water partition coefficient (Wildman–Crippen LogP) is 3.12. The third-order valence-corrected chi connectivity index (χ3v) is 3.48. The maximum atomic E-state index is 12.4. The van der Waals surface area contributed by atoms with Gasteiger partial charge in [-0.1, -0.05) is 18.2 Å². The summed E-state index contributed by atoms with van der Waals surface area (Å²) in [6.07, 6.45) is 0. The molecular formula is C19H21F2N3O4. The SMILES string of the molecule is CCNC(=O)COc1ccc(NC(=O)NCc2ccccc2OC(F)F)cc1. The summed E-state index contributed by atoms with van der Waals surface area (Å²) in [6, 6.07) is 12.1. The highest BCUT2D eigenvalue weighted by molar-refractivity contribution is 5.89. The first-order valence-electron chi connectivity index (χ1n) is 8.55. The van der Waals surface area contributed by atoms with Crippen molar-refractivity contribution < 1.29 is 27.8 Å². The van der Waals surface area contributed by atoms with E-state index in [-0.39, 0.29) is 24.8 Å². The second-order valence-corrected chi connectivity index (χ2v) is 5.56. The number of para-hydroxylation sites is 1. The van der Waals surface area contributed by atoms with E-state index >= 15 is 0 Å². The van der Waals surface area contributed by atoms with Gasteiger partial charge in [0.2, 0.25) is 0 Å². The van der Waals surface area contributed by atoms with Gasteiger partial charge < -0.3 is 25.4 Å². The quantitative estimate of drug-likeness (QED) is 0.611. The first-order chi connectivity index (χ1) is 13.5. The molecule has 0 aliphatic rings. The van der Waals surface area contributed by atoms with Gasteiger partial charge in [-0.2, -0.15) is 8.78 Å². The van der Waals surface area contributed by atoms with E-state index in [9.17, 15) is 18.4 Å². The Morgan fingerprint density at radius 3 is 2.43 bits per heavy atom. The van der Waals surface area contributed by atoms with Crippen LogP contribution in [0.4, 0.5) is 19.3 Å². The molecule has 28 heavy (non-hydrogen) atoms. The number of amides is 3. The molecule has 0 saturated carbocycles. The van der Waals surface area contributed by atoms with Gasteiger partial charge in [-0.05, 0) is 37.3 Å². The van der Waals surface area contributed by atoms with E-state index in [2.05, 4.69) is 20.7 Å². The molecule has 2 aromatic carbocycles. The third kappa shape index (κ3) is 7.10. The van der Waals surface area contributed by atoms with Crippen LogP contribution in [-0.4, -0.2) is 31.7 Å². The summed E-state index contributed by atoms with van der Waals surface area (Å²) in [5.41, 5.74) is 0.923. The van der Waals surface area contributed by atoms with Gasteiger partial charge >= 0.3 is 12.6 Å². The Morgan fingerprint density at radius 2 is 1.75 bits per heavy atom. The molecule has 0 bridgehead atoms. The van der Waals surface area contributed by atoms with Crippen molar-refractivity contribution >= 4 is 17.6 Å². The number of nitrogens with one attached hydrogen (secondary N) is 3. The lowest BCUT2D eigenvalue weighted by Crippen LogP contribution is -2.28. The van der Waals surface area contributed by atoms with Gasteiger partial charge in [0.25, 0.3) is 5.91 Å². The minimum Gasteiger partial charge on any atom is -0.484 e. The monoisotopic (exact) mass is 393 g/mol. The zero-order valence-corrected chi connectivity index (χ0v) is 15.2. The van der Waals surface area contributed by atoms with E-state index in [0.717, 1.165) is 0 Å². The number of ether oxygens (including phenoxy) is 2. The molecule has 0 saturated heterocycles. The van der Waals surface area contributed by atoms with Crippen molar-refractivity contribution in [1.29, 1.82) is 0 Å². The highest BCUT2D eigenvalue weighted by Crippen LogP contribution is 2.20. The summed E-state index contributed by atoms with van der Waals surface area (Å²) >= 11 is 0. The number of urea groups is 1. The minimum absolute atomic E-state index is 0.00594. The number of hydrogen-bond donors (Lipinski definition) is 3. The number of carbonyl (C=O) groups is 2. The number of carbonyl (C=O) groups excluding carboxylic acids is 2. The van der Waals surface area contributed by atoms with Crippen LogP contribution in [0.1, 0.15) is 12.5 Å². The first kappa shape index (κ1) is 20.9. The summed E-state index contributed by atoms with van der Waals surface area (Å²) in [6.45, 7) is -0.681. The Morgan fingerprint density at radius 1 is 1.04 bits per heavy atom. The first-order valence-corrected chi connectivity index (χ1v) is 8.55. The van der Waals surface area contributed by atoms with E-state index in [1.807, 2.05) is 6.92 Å². The number of rotatable bonds is 9. The van der Waals surface area contributed by atoms with Crippen molar-refractivity contribution in [3.05, 3.63) is 54.1 Å². The zero-order valence-electron chi connectivity index (χ0n) is 15.2. The maximum absolute atomic E-state index is 12.4. The lowest BCUT2D eigenvalue weighted by Gasteiger charge is -2.12. The fourth-order valence-electron chi connectivity index (χ4n) is 2.24. The van der Waals surface area contributed by atoms with Crippen molar-refractivity contribution in [1.82, 2.24) is 10.6 Å². The largest absolute Gasteiger partial charge is 0.484 e. The Kier molecular flexibility index (Phi) is 8.01. The van der Waals surface area contributed by atoms with Gasteiger partial charge in [0.15, 0.2) is 6.61 Å². The predicted molar refractivity (Wildman–Crippen MR) is 99.6 cm³/mol. The van der Waals surface area contributed by atoms with Crippen LogP contribution in [0.25, 0.3) is 0 Å². The van der Waals surface area contributed by atoms with E-state index in [0.29, 0.717) is 23.5 Å². The van der Waals surface area contributed by atoms with E-state index in [1.165, 1.54) is 6.07 Å². The van der Waals surface area contributed by atoms with Crippen LogP contribution in [0, 0.1) is 0 Å². The number of benzene rings is 2. The summed E-state index contributed by atoms with van der Waals surface area (Å²) < 4.78 is 34.5. The normalized spacial score (nSPS) is 10.3. The van der Waals surface area contributed by atoms with Crippen LogP contribution < -0.4 is 25.4 Å². The Balaban J connectivity index is 1.83. The molecule has 0 aromatic heterocycles. The summed E-state index contributed by atoms with van der Waals surface area (Å²) in [4.78, 5) is 23.3. The molecule has 3 N–H and O–H groups in total. The van der Waals surface area contributed by atoms with Crippen molar-refractivity contribution in [2.75, 3.05) is 18.5 Å². The average molecular weight is 393 g/mol. The molecule has 0 aliphatic heterocycles. The highest BCUT2D eigenvalue weighted by Gasteiger charge is 2.10. The maximum Gasteiger partial charge on any atom is 0.387 e. The van der Waals surface area contributed by atoms with Crippen molar-refractivity contribution in [2.24, 2.45) is 0 Å². The smallest absolute Gasteiger partial charge is 0.387 e. The molecule has 0 atom stereocenters. The van der Waals surface area contributed by atoms with Crippen LogP contribution >= 0.6 is 0 Å². The fourth-order valence-corrected chi connectivity index (χ4v) is 2.24.